The van der Waals surface area contributed by atoms with E-state index in [1.54, 1.807) is 24.3 Å². The molecule has 0 bridgehead atoms. The second-order valence-electron chi connectivity index (χ2n) is 6.20. The van der Waals surface area contributed by atoms with Crippen molar-refractivity contribution < 1.29 is 8.42 Å². The highest BCUT2D eigenvalue weighted by molar-refractivity contribution is 7.92. The number of rotatable bonds is 4. The van der Waals surface area contributed by atoms with Crippen LogP contribution in [-0.2, 0) is 10.0 Å². The zero-order valence-corrected chi connectivity index (χ0v) is 16.9. The second-order valence-corrected chi connectivity index (χ2v) is 8.69. The normalized spacial score (nSPS) is 11.7. The summed E-state index contributed by atoms with van der Waals surface area (Å²) in [4.78, 5) is 11.8. The fraction of sp³-hybridized carbons (Fsp3) is 0.0526. The van der Waals surface area contributed by atoms with Gasteiger partial charge in [0.2, 0.25) is 0 Å². The van der Waals surface area contributed by atoms with E-state index in [-0.39, 0.29) is 9.92 Å². The number of hydrogen-bond donors (Lipinski definition) is 2. The minimum Gasteiger partial charge on any atom is -0.343 e. The summed E-state index contributed by atoms with van der Waals surface area (Å²) >= 11 is 11.8. The molecule has 0 radical (unpaired) electrons. The van der Waals surface area contributed by atoms with Crippen LogP contribution in [0.4, 0.5) is 5.69 Å². The Labute approximate surface area is 171 Å². The summed E-state index contributed by atoms with van der Waals surface area (Å²) in [7, 11) is -3.79. The Balaban J connectivity index is 1.63. The van der Waals surface area contributed by atoms with Crippen molar-refractivity contribution in [1.82, 2.24) is 15.0 Å². The van der Waals surface area contributed by atoms with Crippen LogP contribution in [0, 0.1) is 6.92 Å². The van der Waals surface area contributed by atoms with E-state index in [4.69, 9.17) is 23.2 Å². The molecule has 0 unspecified atom stereocenters. The molecule has 0 amide bonds. The first-order valence-corrected chi connectivity index (χ1v) is 10.5. The highest BCUT2D eigenvalue weighted by Crippen LogP contribution is 2.29. The van der Waals surface area contributed by atoms with Crippen LogP contribution < -0.4 is 4.72 Å². The molecule has 2 heterocycles. The van der Waals surface area contributed by atoms with Crippen molar-refractivity contribution >= 4 is 49.9 Å². The summed E-state index contributed by atoms with van der Waals surface area (Å²) in [5.74, 6) is 0. The van der Waals surface area contributed by atoms with Crippen LogP contribution in [0.1, 0.15) is 5.69 Å². The minimum atomic E-state index is -3.79. The average molecular weight is 433 g/mol. The Morgan fingerprint density at radius 1 is 0.964 bits per heavy atom. The molecule has 4 aromatic rings. The molecule has 0 aliphatic rings. The molecule has 0 saturated carbocycles. The number of aromatic amines is 1. The van der Waals surface area contributed by atoms with Crippen molar-refractivity contribution in [3.8, 4) is 11.3 Å². The highest BCUT2D eigenvalue weighted by Gasteiger charge is 2.16. The number of nitrogens with one attached hydrogen (secondary N) is 2. The van der Waals surface area contributed by atoms with Crippen LogP contribution in [-0.4, -0.2) is 23.4 Å². The largest absolute Gasteiger partial charge is 0.343 e. The van der Waals surface area contributed by atoms with Gasteiger partial charge in [0.1, 0.15) is 12.0 Å². The first-order chi connectivity index (χ1) is 13.3. The average Bonchev–Trinajstić information content (AvgIpc) is 3.04. The maximum absolute atomic E-state index is 12.6. The van der Waals surface area contributed by atoms with E-state index in [0.29, 0.717) is 10.7 Å². The summed E-state index contributed by atoms with van der Waals surface area (Å²) in [6.45, 7) is 1.95. The number of hydrogen-bond acceptors (Lipinski definition) is 4. The van der Waals surface area contributed by atoms with Gasteiger partial charge in [0.05, 0.1) is 20.6 Å². The molecular formula is C19H14Cl2N4O2S. The quantitative estimate of drug-likeness (QED) is 0.472. The summed E-state index contributed by atoms with van der Waals surface area (Å²) in [6, 6.07) is 13.1. The summed E-state index contributed by atoms with van der Waals surface area (Å²) in [6.07, 6.45) is 1.49. The predicted octanol–water partition coefficient (Wildman–Crippen LogP) is 5.04. The molecule has 2 aromatic heterocycles. The van der Waals surface area contributed by atoms with E-state index in [1.165, 1.54) is 24.5 Å². The molecule has 0 fully saturated rings. The fourth-order valence-electron chi connectivity index (χ4n) is 2.86. The molecule has 2 N–H and O–H groups in total. The van der Waals surface area contributed by atoms with E-state index in [2.05, 4.69) is 19.7 Å². The number of aromatic nitrogens is 3. The predicted molar refractivity (Wildman–Crippen MR) is 111 cm³/mol. The smallest absolute Gasteiger partial charge is 0.261 e. The molecule has 6 nitrogen and oxygen atoms in total. The Kier molecular flexibility index (Phi) is 4.74. The first kappa shape index (κ1) is 18.7. The number of sulfonamides is 1. The van der Waals surface area contributed by atoms with Gasteiger partial charge in [0.15, 0.2) is 0 Å². The molecule has 0 spiro atoms. The van der Waals surface area contributed by atoms with Crippen LogP contribution in [0.25, 0.3) is 22.3 Å². The molecule has 0 aliphatic carbocycles. The molecule has 28 heavy (non-hydrogen) atoms. The van der Waals surface area contributed by atoms with E-state index >= 15 is 0 Å². The van der Waals surface area contributed by atoms with Gasteiger partial charge in [-0.15, -0.1) is 0 Å². The van der Waals surface area contributed by atoms with E-state index in [9.17, 15) is 8.42 Å². The maximum atomic E-state index is 12.6. The number of benzene rings is 2. The Bertz CT molecular complexity index is 1290. The lowest BCUT2D eigenvalue weighted by Crippen LogP contribution is -2.12. The van der Waals surface area contributed by atoms with E-state index in [0.717, 1.165) is 28.0 Å². The zero-order chi connectivity index (χ0) is 19.9. The number of halogens is 2. The Morgan fingerprint density at radius 3 is 2.43 bits per heavy atom. The summed E-state index contributed by atoms with van der Waals surface area (Å²) < 4.78 is 27.7. The van der Waals surface area contributed by atoms with Gasteiger partial charge in [-0.2, -0.15) is 0 Å². The van der Waals surface area contributed by atoms with Crippen molar-refractivity contribution in [2.75, 3.05) is 4.72 Å². The SMILES string of the molecule is Cc1cc2c(-c3ccc(NS(=O)(=O)c4ccc(Cl)c(Cl)c4)cc3)ncnc2[nH]1. The zero-order valence-electron chi connectivity index (χ0n) is 14.6. The van der Waals surface area contributed by atoms with Crippen molar-refractivity contribution in [2.24, 2.45) is 0 Å². The highest BCUT2D eigenvalue weighted by atomic mass is 35.5. The molecule has 0 aliphatic heterocycles. The third-order valence-electron chi connectivity index (χ3n) is 4.17. The molecule has 2 aromatic carbocycles. The van der Waals surface area contributed by atoms with E-state index in [1.807, 2.05) is 13.0 Å². The lowest BCUT2D eigenvalue weighted by atomic mass is 10.1. The van der Waals surface area contributed by atoms with Crippen LogP contribution in [0.5, 0.6) is 0 Å². The lowest BCUT2D eigenvalue weighted by molar-refractivity contribution is 0.601. The molecule has 9 heteroatoms. The summed E-state index contributed by atoms with van der Waals surface area (Å²) in [5, 5.41) is 1.37. The van der Waals surface area contributed by atoms with Crippen molar-refractivity contribution in [2.45, 2.75) is 11.8 Å². The van der Waals surface area contributed by atoms with Gasteiger partial charge in [-0.1, -0.05) is 35.3 Å². The molecule has 0 saturated heterocycles. The number of nitrogens with zero attached hydrogens (tertiary/aromatic N) is 2. The Morgan fingerprint density at radius 2 is 1.71 bits per heavy atom. The van der Waals surface area contributed by atoms with Gasteiger partial charge in [-0.3, -0.25) is 4.72 Å². The van der Waals surface area contributed by atoms with Gasteiger partial charge in [0.25, 0.3) is 10.0 Å². The molecule has 142 valence electrons. The van der Waals surface area contributed by atoms with E-state index < -0.39 is 10.0 Å². The molecular weight excluding hydrogens is 419 g/mol. The number of anilines is 1. The minimum absolute atomic E-state index is 0.0336. The number of fused-ring (bicyclic) bond motifs is 1. The molecule has 0 atom stereocenters. The third-order valence-corrected chi connectivity index (χ3v) is 6.29. The number of aryl methyl sites for hydroxylation is 1. The second kappa shape index (κ2) is 7.09. The maximum Gasteiger partial charge on any atom is 0.261 e. The van der Waals surface area contributed by atoms with Crippen LogP contribution in [0.2, 0.25) is 10.0 Å². The van der Waals surface area contributed by atoms with Gasteiger partial charge >= 0.3 is 0 Å². The van der Waals surface area contributed by atoms with Gasteiger partial charge in [-0.05, 0) is 43.3 Å². The Hall–Kier alpha value is -2.61. The standard InChI is InChI=1S/C19H14Cl2N4O2S/c1-11-8-15-18(22-10-23-19(15)24-11)12-2-4-13(5-3-12)25-28(26,27)14-6-7-16(20)17(21)9-14/h2-10,25H,1H3,(H,22,23,24). The third kappa shape index (κ3) is 3.56. The molecule has 4 rings (SSSR count). The van der Waals surface area contributed by atoms with Gasteiger partial charge < -0.3 is 4.98 Å². The van der Waals surface area contributed by atoms with Gasteiger partial charge in [0, 0.05) is 22.3 Å². The van der Waals surface area contributed by atoms with Crippen LogP contribution in [0.15, 0.2) is 59.8 Å². The van der Waals surface area contributed by atoms with Crippen molar-refractivity contribution in [1.29, 1.82) is 0 Å². The first-order valence-electron chi connectivity index (χ1n) is 8.22. The van der Waals surface area contributed by atoms with Crippen LogP contribution >= 0.6 is 23.2 Å². The number of H-pyrrole nitrogens is 1. The monoisotopic (exact) mass is 432 g/mol. The topological polar surface area (TPSA) is 87.7 Å². The van der Waals surface area contributed by atoms with Crippen molar-refractivity contribution in [3.05, 3.63) is 70.6 Å². The van der Waals surface area contributed by atoms with Crippen molar-refractivity contribution in [3.63, 3.8) is 0 Å². The lowest BCUT2D eigenvalue weighted by Gasteiger charge is -2.10. The summed E-state index contributed by atoms with van der Waals surface area (Å²) in [5.41, 5.74) is 3.79. The van der Waals surface area contributed by atoms with Gasteiger partial charge in [-0.25, -0.2) is 18.4 Å². The van der Waals surface area contributed by atoms with Crippen LogP contribution in [0.3, 0.4) is 0 Å². The fourth-order valence-corrected chi connectivity index (χ4v) is 4.30.